The highest BCUT2D eigenvalue weighted by atomic mass is 35.5. The van der Waals surface area contributed by atoms with Crippen molar-refractivity contribution in [3.8, 4) is 11.1 Å². The van der Waals surface area contributed by atoms with Gasteiger partial charge in [0.25, 0.3) is 0 Å². The number of fused-ring (bicyclic) bond motifs is 4. The molecule has 6 nitrogen and oxygen atoms in total. The van der Waals surface area contributed by atoms with Crippen LogP contribution in [0.1, 0.15) is 26.5 Å². The molecule has 1 aromatic heterocycles. The number of halogens is 1. The molecule has 2 aliphatic rings. The van der Waals surface area contributed by atoms with Crippen molar-refractivity contribution in [3.63, 3.8) is 0 Å². The van der Waals surface area contributed by atoms with Gasteiger partial charge in [-0.2, -0.15) is 0 Å². The predicted molar refractivity (Wildman–Crippen MR) is 116 cm³/mol. The van der Waals surface area contributed by atoms with Gasteiger partial charge < -0.3 is 15.3 Å². The molecule has 1 atom stereocenters. The average Bonchev–Trinajstić information content (AvgIpc) is 3.20. The van der Waals surface area contributed by atoms with E-state index in [1.54, 1.807) is 36.2 Å². The van der Waals surface area contributed by atoms with E-state index in [2.05, 4.69) is 5.32 Å². The molecule has 2 amide bonds. The van der Waals surface area contributed by atoms with Gasteiger partial charge >= 0.3 is 5.97 Å². The number of nitrogens with one attached hydrogen (secondary N) is 1. The van der Waals surface area contributed by atoms with Crippen molar-refractivity contribution >= 4 is 52.1 Å². The van der Waals surface area contributed by atoms with E-state index >= 15 is 0 Å². The van der Waals surface area contributed by atoms with E-state index in [1.807, 2.05) is 24.3 Å². The molecular formula is C22H15ClN2O4S. The molecule has 0 saturated carbocycles. The first-order chi connectivity index (χ1) is 14.3. The molecule has 0 fully saturated rings. The van der Waals surface area contributed by atoms with Crippen molar-refractivity contribution in [2.24, 2.45) is 0 Å². The summed E-state index contributed by atoms with van der Waals surface area (Å²) in [6, 6.07) is 14.1. The van der Waals surface area contributed by atoms with Crippen LogP contribution in [0.15, 0.2) is 48.5 Å². The molecule has 0 bridgehead atoms. The van der Waals surface area contributed by atoms with Gasteiger partial charge in [0.2, 0.25) is 11.8 Å². The topological polar surface area (TPSA) is 86.7 Å². The summed E-state index contributed by atoms with van der Waals surface area (Å²) in [5.74, 6) is -1.68. The molecule has 30 heavy (non-hydrogen) atoms. The van der Waals surface area contributed by atoms with Crippen LogP contribution in [0.4, 0.5) is 11.4 Å². The number of carboxylic acid groups (broad SMARTS) is 1. The van der Waals surface area contributed by atoms with Crippen molar-refractivity contribution in [2.75, 3.05) is 17.3 Å². The minimum Gasteiger partial charge on any atom is -0.477 e. The number of likely N-dealkylation sites (N-methyl/N-ethyl adjacent to an activating group) is 1. The van der Waals surface area contributed by atoms with Gasteiger partial charge in [0, 0.05) is 23.3 Å². The fourth-order valence-electron chi connectivity index (χ4n) is 4.43. The molecule has 150 valence electrons. The predicted octanol–water partition coefficient (Wildman–Crippen LogP) is 4.37. The Kier molecular flexibility index (Phi) is 4.03. The monoisotopic (exact) mass is 438 g/mol. The first-order valence-electron chi connectivity index (χ1n) is 9.18. The maximum atomic E-state index is 13.5. The SMILES string of the molecule is CN1C(=O)[C@@]2(CC(=O)Nc3c2sc(C(=O)O)c3-c2ccc(Cl)cc2)c2ccccc21. The van der Waals surface area contributed by atoms with E-state index in [9.17, 15) is 19.5 Å². The summed E-state index contributed by atoms with van der Waals surface area (Å²) >= 11 is 7.04. The van der Waals surface area contributed by atoms with Gasteiger partial charge in [-0.1, -0.05) is 41.9 Å². The number of aromatic carboxylic acids is 1. The number of hydrogen-bond acceptors (Lipinski definition) is 4. The number of carbonyl (C=O) groups excluding carboxylic acids is 2. The van der Waals surface area contributed by atoms with Gasteiger partial charge in [-0.05, 0) is 29.3 Å². The molecule has 3 aromatic rings. The Balaban J connectivity index is 1.85. The third-order valence-corrected chi connectivity index (χ3v) is 7.30. The molecule has 0 unspecified atom stereocenters. The smallest absolute Gasteiger partial charge is 0.346 e. The lowest BCUT2D eigenvalue weighted by Crippen LogP contribution is -2.45. The third kappa shape index (κ3) is 2.39. The van der Waals surface area contributed by atoms with Crippen LogP contribution in [-0.4, -0.2) is 29.9 Å². The molecule has 5 rings (SSSR count). The van der Waals surface area contributed by atoms with Crippen LogP contribution in [0.3, 0.4) is 0 Å². The maximum Gasteiger partial charge on any atom is 0.346 e. The van der Waals surface area contributed by atoms with E-state index < -0.39 is 11.4 Å². The Morgan fingerprint density at radius 1 is 1.17 bits per heavy atom. The van der Waals surface area contributed by atoms with Crippen molar-refractivity contribution in [1.29, 1.82) is 0 Å². The number of hydrogen-bond donors (Lipinski definition) is 2. The van der Waals surface area contributed by atoms with Gasteiger partial charge in [0.1, 0.15) is 10.3 Å². The molecule has 0 aliphatic carbocycles. The molecule has 2 aliphatic heterocycles. The fourth-order valence-corrected chi connectivity index (χ4v) is 5.86. The van der Waals surface area contributed by atoms with Crippen LogP contribution in [0, 0.1) is 0 Å². The Labute approximate surface area is 180 Å². The van der Waals surface area contributed by atoms with Gasteiger partial charge in [-0.3, -0.25) is 9.59 Å². The second kappa shape index (κ2) is 6.42. The molecule has 0 saturated heterocycles. The number of thiophene rings is 1. The largest absolute Gasteiger partial charge is 0.477 e. The normalized spacial score (nSPS) is 19.6. The molecular weight excluding hydrogens is 424 g/mol. The van der Waals surface area contributed by atoms with Gasteiger partial charge in [-0.25, -0.2) is 4.79 Å². The minimum absolute atomic E-state index is 0.0696. The molecule has 2 N–H and O–H groups in total. The summed E-state index contributed by atoms with van der Waals surface area (Å²) in [7, 11) is 1.67. The highest BCUT2D eigenvalue weighted by molar-refractivity contribution is 7.15. The summed E-state index contributed by atoms with van der Waals surface area (Å²) in [6.07, 6.45) is -0.0696. The molecule has 1 spiro atoms. The third-order valence-electron chi connectivity index (χ3n) is 5.71. The van der Waals surface area contributed by atoms with Gasteiger partial charge in [-0.15, -0.1) is 11.3 Å². The Morgan fingerprint density at radius 3 is 2.57 bits per heavy atom. The molecule has 2 aromatic carbocycles. The molecule has 0 radical (unpaired) electrons. The molecule has 3 heterocycles. The first-order valence-corrected chi connectivity index (χ1v) is 10.4. The van der Waals surface area contributed by atoms with E-state index in [0.29, 0.717) is 26.7 Å². The minimum atomic E-state index is -1.23. The summed E-state index contributed by atoms with van der Waals surface area (Å²) in [5, 5.41) is 13.3. The van der Waals surface area contributed by atoms with Gasteiger partial charge in [0.15, 0.2) is 0 Å². The van der Waals surface area contributed by atoms with E-state index in [4.69, 9.17) is 11.6 Å². The summed E-state index contributed by atoms with van der Waals surface area (Å²) in [6.45, 7) is 0. The Bertz CT molecular complexity index is 1250. The fraction of sp³-hybridized carbons (Fsp3) is 0.136. The standard InChI is InChI=1S/C22H15ClN2O4S/c1-25-14-5-3-2-4-13(14)22(21(25)29)10-15(26)24-17-16(11-6-8-12(23)9-7-11)18(20(27)28)30-19(17)22/h2-9H,10H2,1H3,(H,24,26)(H,27,28)/t22-/m0/s1. The Morgan fingerprint density at radius 2 is 1.87 bits per heavy atom. The average molecular weight is 439 g/mol. The van der Waals surface area contributed by atoms with Crippen LogP contribution >= 0.6 is 22.9 Å². The number of amides is 2. The van der Waals surface area contributed by atoms with Gasteiger partial charge in [0.05, 0.1) is 17.0 Å². The van der Waals surface area contributed by atoms with Crippen LogP contribution in [0.2, 0.25) is 5.02 Å². The summed E-state index contributed by atoms with van der Waals surface area (Å²) in [4.78, 5) is 40.6. The van der Waals surface area contributed by atoms with Crippen LogP contribution < -0.4 is 10.2 Å². The lowest BCUT2D eigenvalue weighted by molar-refractivity contribution is -0.126. The van der Waals surface area contributed by atoms with Crippen molar-refractivity contribution in [2.45, 2.75) is 11.8 Å². The second-order valence-corrected chi connectivity index (χ2v) is 8.79. The van der Waals surface area contributed by atoms with Crippen LogP contribution in [-0.2, 0) is 15.0 Å². The first kappa shape index (κ1) is 18.8. The zero-order valence-corrected chi connectivity index (χ0v) is 17.3. The van der Waals surface area contributed by atoms with Crippen molar-refractivity contribution < 1.29 is 19.5 Å². The van der Waals surface area contributed by atoms with Crippen molar-refractivity contribution in [3.05, 3.63) is 68.9 Å². The lowest BCUT2D eigenvalue weighted by atomic mass is 9.74. The summed E-state index contributed by atoms with van der Waals surface area (Å²) in [5.41, 5.74) is 1.60. The quantitative estimate of drug-likeness (QED) is 0.622. The number of rotatable bonds is 2. The lowest BCUT2D eigenvalue weighted by Gasteiger charge is -2.32. The second-order valence-electron chi connectivity index (χ2n) is 7.33. The highest BCUT2D eigenvalue weighted by Crippen LogP contribution is 2.57. The maximum absolute atomic E-state index is 13.5. The van der Waals surface area contributed by atoms with E-state index in [1.165, 1.54) is 0 Å². The van der Waals surface area contributed by atoms with E-state index in [-0.39, 0.29) is 23.1 Å². The zero-order chi connectivity index (χ0) is 21.2. The number of carboxylic acids is 1. The van der Waals surface area contributed by atoms with Crippen LogP contribution in [0.25, 0.3) is 11.1 Å². The highest BCUT2D eigenvalue weighted by Gasteiger charge is 2.57. The molecule has 8 heteroatoms. The number of carbonyl (C=O) groups is 3. The Hall–Kier alpha value is -3.16. The van der Waals surface area contributed by atoms with E-state index in [0.717, 1.165) is 22.6 Å². The zero-order valence-electron chi connectivity index (χ0n) is 15.7. The number of benzene rings is 2. The van der Waals surface area contributed by atoms with Crippen LogP contribution in [0.5, 0.6) is 0 Å². The number of anilines is 2. The van der Waals surface area contributed by atoms with Crippen molar-refractivity contribution in [1.82, 2.24) is 0 Å². The number of para-hydroxylation sites is 1. The number of nitrogens with zero attached hydrogens (tertiary/aromatic N) is 1. The summed E-state index contributed by atoms with van der Waals surface area (Å²) < 4.78 is 0.